The van der Waals surface area contributed by atoms with Gasteiger partial charge in [0.15, 0.2) is 0 Å². The molecule has 0 radical (unpaired) electrons. The van der Waals surface area contributed by atoms with Crippen molar-refractivity contribution in [3.05, 3.63) is 62.9 Å². The van der Waals surface area contributed by atoms with Crippen LogP contribution in [0.1, 0.15) is 28.6 Å². The Labute approximate surface area is 171 Å². The van der Waals surface area contributed by atoms with Crippen LogP contribution in [-0.4, -0.2) is 34.6 Å². The van der Waals surface area contributed by atoms with E-state index in [9.17, 15) is 14.4 Å². The van der Waals surface area contributed by atoms with Crippen LogP contribution in [0.2, 0.25) is 5.02 Å². The number of fused-ring (bicyclic) bond motifs is 1. The Morgan fingerprint density at radius 3 is 2.86 bits per heavy atom. The maximum atomic E-state index is 12.8. The summed E-state index contributed by atoms with van der Waals surface area (Å²) in [4.78, 5) is 41.3. The Morgan fingerprint density at radius 1 is 1.34 bits per heavy atom. The molecule has 2 aromatic heterocycles. The molecule has 3 rings (SSSR count). The first-order valence-electron chi connectivity index (χ1n) is 9.07. The second-order valence-corrected chi connectivity index (χ2v) is 6.78. The van der Waals surface area contributed by atoms with Crippen LogP contribution in [0.3, 0.4) is 0 Å². The summed E-state index contributed by atoms with van der Waals surface area (Å²) in [5.74, 6) is -0.772. The summed E-state index contributed by atoms with van der Waals surface area (Å²) in [6.45, 7) is 3.54. The van der Waals surface area contributed by atoms with Gasteiger partial charge < -0.3 is 14.5 Å². The number of rotatable bonds is 7. The predicted molar refractivity (Wildman–Crippen MR) is 107 cm³/mol. The van der Waals surface area contributed by atoms with E-state index in [1.165, 1.54) is 6.33 Å². The molecule has 152 valence electrons. The van der Waals surface area contributed by atoms with Gasteiger partial charge in [-0.25, -0.2) is 9.78 Å². The van der Waals surface area contributed by atoms with E-state index >= 15 is 0 Å². The first kappa shape index (κ1) is 20.6. The van der Waals surface area contributed by atoms with Crippen LogP contribution in [0.5, 0.6) is 0 Å². The summed E-state index contributed by atoms with van der Waals surface area (Å²) in [5, 5.41) is 3.39. The molecule has 0 aliphatic heterocycles. The molecule has 0 bridgehead atoms. The molecule has 1 amide bonds. The SMILES string of the molecule is CCOC(=O)c1c(C)oc2ncn(CC(=O)NCCc3cccc(Cl)c3)c(=O)c12. The first-order valence-corrected chi connectivity index (χ1v) is 9.45. The smallest absolute Gasteiger partial charge is 0.342 e. The van der Waals surface area contributed by atoms with E-state index in [-0.39, 0.29) is 41.5 Å². The second kappa shape index (κ2) is 8.91. The number of ether oxygens (including phenoxy) is 1. The molecular formula is C20H20ClN3O5. The van der Waals surface area contributed by atoms with Crippen LogP contribution in [0, 0.1) is 6.92 Å². The molecule has 0 saturated carbocycles. The molecule has 1 aromatic carbocycles. The highest BCUT2D eigenvalue weighted by molar-refractivity contribution is 6.30. The molecule has 3 aromatic rings. The highest BCUT2D eigenvalue weighted by Crippen LogP contribution is 2.21. The third kappa shape index (κ3) is 4.65. The van der Waals surface area contributed by atoms with Gasteiger partial charge in [0.1, 0.15) is 29.6 Å². The van der Waals surface area contributed by atoms with Crippen LogP contribution < -0.4 is 10.9 Å². The third-order valence-corrected chi connectivity index (χ3v) is 4.51. The van der Waals surface area contributed by atoms with Crippen molar-refractivity contribution in [1.29, 1.82) is 0 Å². The van der Waals surface area contributed by atoms with Gasteiger partial charge in [0.05, 0.1) is 6.61 Å². The first-order chi connectivity index (χ1) is 13.9. The fraction of sp³-hybridized carbons (Fsp3) is 0.300. The standard InChI is InChI=1S/C20H20ClN3O5/c1-3-28-20(27)16-12(2)29-18-17(16)19(26)24(11-23-18)10-15(25)22-8-7-13-5-4-6-14(21)9-13/h4-6,9,11H,3,7-8,10H2,1-2H3,(H,22,25). The minimum Gasteiger partial charge on any atom is -0.462 e. The number of carbonyl (C=O) groups excluding carboxylic acids is 2. The van der Waals surface area contributed by atoms with Gasteiger partial charge in [-0.05, 0) is 38.0 Å². The van der Waals surface area contributed by atoms with Crippen molar-refractivity contribution in [2.75, 3.05) is 13.2 Å². The molecule has 8 nitrogen and oxygen atoms in total. The summed E-state index contributed by atoms with van der Waals surface area (Å²) in [7, 11) is 0. The van der Waals surface area contributed by atoms with E-state index in [1.54, 1.807) is 19.9 Å². The highest BCUT2D eigenvalue weighted by atomic mass is 35.5. The molecule has 0 unspecified atom stereocenters. The lowest BCUT2D eigenvalue weighted by atomic mass is 10.1. The lowest BCUT2D eigenvalue weighted by Crippen LogP contribution is -2.33. The van der Waals surface area contributed by atoms with E-state index < -0.39 is 11.5 Å². The van der Waals surface area contributed by atoms with E-state index in [0.717, 1.165) is 10.1 Å². The summed E-state index contributed by atoms with van der Waals surface area (Å²) >= 11 is 5.94. The second-order valence-electron chi connectivity index (χ2n) is 6.34. The molecule has 9 heteroatoms. The molecule has 29 heavy (non-hydrogen) atoms. The van der Waals surface area contributed by atoms with E-state index in [0.29, 0.717) is 18.0 Å². The van der Waals surface area contributed by atoms with Crippen molar-refractivity contribution in [2.45, 2.75) is 26.8 Å². The zero-order valence-corrected chi connectivity index (χ0v) is 16.8. The number of hydrogen-bond acceptors (Lipinski definition) is 6. The number of nitrogens with zero attached hydrogens (tertiary/aromatic N) is 2. The van der Waals surface area contributed by atoms with Crippen LogP contribution >= 0.6 is 11.6 Å². The number of amides is 1. The van der Waals surface area contributed by atoms with Gasteiger partial charge in [0, 0.05) is 11.6 Å². The van der Waals surface area contributed by atoms with E-state index in [1.807, 2.05) is 18.2 Å². The van der Waals surface area contributed by atoms with Gasteiger partial charge in [-0.1, -0.05) is 23.7 Å². The number of nitrogens with one attached hydrogen (secondary N) is 1. The minimum atomic E-state index is -0.661. The van der Waals surface area contributed by atoms with Crippen molar-refractivity contribution in [3.63, 3.8) is 0 Å². The number of esters is 1. The van der Waals surface area contributed by atoms with Crippen LogP contribution in [-0.2, 0) is 22.5 Å². The molecule has 0 saturated heterocycles. The van der Waals surface area contributed by atoms with Crippen LogP contribution in [0.25, 0.3) is 11.1 Å². The predicted octanol–water partition coefficient (Wildman–Crippen LogP) is 2.49. The molecular weight excluding hydrogens is 398 g/mol. The number of hydrogen-bond donors (Lipinski definition) is 1. The quantitative estimate of drug-likeness (QED) is 0.592. The topological polar surface area (TPSA) is 103 Å². The number of furan rings is 1. The Kier molecular flexibility index (Phi) is 6.33. The summed E-state index contributed by atoms with van der Waals surface area (Å²) in [6, 6.07) is 7.36. The van der Waals surface area contributed by atoms with Crippen molar-refractivity contribution in [2.24, 2.45) is 0 Å². The Hall–Kier alpha value is -3.13. The molecule has 2 heterocycles. The number of carbonyl (C=O) groups is 2. The lowest BCUT2D eigenvalue weighted by molar-refractivity contribution is -0.121. The van der Waals surface area contributed by atoms with Gasteiger partial charge in [0.25, 0.3) is 5.56 Å². The number of aromatic nitrogens is 2. The average Bonchev–Trinajstić information content (AvgIpc) is 3.01. The zero-order valence-electron chi connectivity index (χ0n) is 16.0. The van der Waals surface area contributed by atoms with Crippen molar-refractivity contribution < 1.29 is 18.7 Å². The maximum Gasteiger partial charge on any atom is 0.342 e. The molecule has 1 N–H and O–H groups in total. The van der Waals surface area contributed by atoms with Crippen molar-refractivity contribution in [3.8, 4) is 0 Å². The third-order valence-electron chi connectivity index (χ3n) is 4.27. The van der Waals surface area contributed by atoms with Gasteiger partial charge in [0.2, 0.25) is 11.6 Å². The Balaban J connectivity index is 1.73. The van der Waals surface area contributed by atoms with Gasteiger partial charge in [-0.2, -0.15) is 0 Å². The van der Waals surface area contributed by atoms with Crippen molar-refractivity contribution >= 4 is 34.6 Å². The average molecular weight is 418 g/mol. The minimum absolute atomic E-state index is 0.00942. The Morgan fingerprint density at radius 2 is 2.14 bits per heavy atom. The number of aryl methyl sites for hydroxylation is 1. The monoisotopic (exact) mass is 417 g/mol. The number of benzene rings is 1. The highest BCUT2D eigenvalue weighted by Gasteiger charge is 2.24. The van der Waals surface area contributed by atoms with Gasteiger partial charge >= 0.3 is 5.97 Å². The molecule has 0 fully saturated rings. The van der Waals surface area contributed by atoms with Crippen LogP contribution in [0.4, 0.5) is 0 Å². The normalized spacial score (nSPS) is 10.9. The summed E-state index contributed by atoms with van der Waals surface area (Å²) < 4.78 is 11.5. The summed E-state index contributed by atoms with van der Waals surface area (Å²) in [6.07, 6.45) is 1.82. The van der Waals surface area contributed by atoms with E-state index in [2.05, 4.69) is 10.3 Å². The number of halogens is 1. The fourth-order valence-corrected chi connectivity index (χ4v) is 3.16. The van der Waals surface area contributed by atoms with Gasteiger partial charge in [-0.15, -0.1) is 0 Å². The lowest BCUT2D eigenvalue weighted by Gasteiger charge is -2.08. The summed E-state index contributed by atoms with van der Waals surface area (Å²) in [5.41, 5.74) is 0.522. The maximum absolute atomic E-state index is 12.8. The molecule has 0 aliphatic carbocycles. The molecule has 0 aliphatic rings. The fourth-order valence-electron chi connectivity index (χ4n) is 2.95. The Bertz CT molecular complexity index is 1120. The molecule has 0 atom stereocenters. The van der Waals surface area contributed by atoms with E-state index in [4.69, 9.17) is 20.8 Å². The van der Waals surface area contributed by atoms with Gasteiger partial charge in [-0.3, -0.25) is 14.2 Å². The van der Waals surface area contributed by atoms with Crippen molar-refractivity contribution in [1.82, 2.24) is 14.9 Å². The largest absolute Gasteiger partial charge is 0.462 e. The zero-order chi connectivity index (χ0) is 21.0. The molecule has 0 spiro atoms. The van der Waals surface area contributed by atoms with Crippen LogP contribution in [0.15, 0.2) is 39.8 Å².